The molecule has 9 nitrogen and oxygen atoms in total. The number of fused-ring (bicyclic) bond motifs is 1. The van der Waals surface area contributed by atoms with Gasteiger partial charge in [-0.25, -0.2) is 4.98 Å². The van der Waals surface area contributed by atoms with Crippen LogP contribution in [0.15, 0.2) is 84.4 Å². The summed E-state index contributed by atoms with van der Waals surface area (Å²) in [5.74, 6) is -0.625. The molecule has 6 rings (SSSR count). The van der Waals surface area contributed by atoms with Gasteiger partial charge in [0.2, 0.25) is 0 Å². The molecule has 3 heterocycles. The Morgan fingerprint density at radius 2 is 1.74 bits per heavy atom. The highest BCUT2D eigenvalue weighted by Gasteiger charge is 2.37. The van der Waals surface area contributed by atoms with Gasteiger partial charge in [0.25, 0.3) is 17.7 Å². The third-order valence-corrected chi connectivity index (χ3v) is 8.27. The Morgan fingerprint density at radius 3 is 2.48 bits per heavy atom. The first-order valence-corrected chi connectivity index (χ1v) is 14.8. The second-order valence-corrected chi connectivity index (χ2v) is 11.1. The average molecular weight is 582 g/mol. The van der Waals surface area contributed by atoms with Gasteiger partial charge < -0.3 is 15.0 Å². The Hall–Kier alpha value is -4.38. The minimum atomic E-state index is -0.806. The van der Waals surface area contributed by atoms with Gasteiger partial charge in [0.1, 0.15) is 6.04 Å². The maximum Gasteiger partial charge on any atom is 0.255 e. The van der Waals surface area contributed by atoms with Crippen LogP contribution in [0.25, 0.3) is 11.1 Å². The van der Waals surface area contributed by atoms with Crippen molar-refractivity contribution < 1.29 is 19.1 Å². The van der Waals surface area contributed by atoms with Crippen molar-refractivity contribution in [1.82, 2.24) is 20.1 Å². The zero-order valence-corrected chi connectivity index (χ0v) is 23.8. The van der Waals surface area contributed by atoms with Crippen LogP contribution in [0, 0.1) is 0 Å². The summed E-state index contributed by atoms with van der Waals surface area (Å²) in [6, 6.07) is 21.7. The fourth-order valence-electron chi connectivity index (χ4n) is 5.35. The number of carbonyl (C=O) groups excluding carboxylic acids is 3. The standard InChI is InChI=1S/C32H31N5O4S/c38-29(33-12-14-36-15-17-41-18-16-36)24-8-6-22(7-9-24)25-10-11-26-21-37(31(40)27(26)20-25)28(23-4-2-1-3-5-23)30(39)35-32-34-13-19-42-32/h1-11,13,19-20,28H,12,14-18,21H2,(H,33,38)(H,34,35,39). The summed E-state index contributed by atoms with van der Waals surface area (Å²) in [5, 5.41) is 8.13. The number of hydrogen-bond acceptors (Lipinski definition) is 7. The number of amides is 3. The summed E-state index contributed by atoms with van der Waals surface area (Å²) in [6.07, 6.45) is 1.63. The first kappa shape index (κ1) is 27.8. The number of benzene rings is 3. The number of rotatable bonds is 9. The van der Waals surface area contributed by atoms with Gasteiger partial charge in [-0.2, -0.15) is 0 Å². The van der Waals surface area contributed by atoms with E-state index in [9.17, 15) is 14.4 Å². The molecule has 0 spiro atoms. The molecule has 1 atom stereocenters. The lowest BCUT2D eigenvalue weighted by molar-refractivity contribution is -0.120. The molecule has 42 heavy (non-hydrogen) atoms. The molecule has 1 fully saturated rings. The van der Waals surface area contributed by atoms with Crippen LogP contribution in [0.2, 0.25) is 0 Å². The molecule has 214 valence electrons. The Kier molecular flexibility index (Phi) is 8.36. The van der Waals surface area contributed by atoms with E-state index in [2.05, 4.69) is 20.5 Å². The molecule has 1 unspecified atom stereocenters. The maximum absolute atomic E-state index is 13.7. The van der Waals surface area contributed by atoms with Crippen molar-refractivity contribution in [1.29, 1.82) is 0 Å². The van der Waals surface area contributed by atoms with Crippen molar-refractivity contribution in [2.75, 3.05) is 44.7 Å². The van der Waals surface area contributed by atoms with Gasteiger partial charge in [-0.05, 0) is 40.5 Å². The Morgan fingerprint density at radius 1 is 0.976 bits per heavy atom. The van der Waals surface area contributed by atoms with E-state index in [1.54, 1.807) is 28.6 Å². The van der Waals surface area contributed by atoms with Gasteiger partial charge >= 0.3 is 0 Å². The van der Waals surface area contributed by atoms with E-state index in [-0.39, 0.29) is 17.7 Å². The highest BCUT2D eigenvalue weighted by molar-refractivity contribution is 7.13. The molecule has 1 aromatic heterocycles. The van der Waals surface area contributed by atoms with Crippen LogP contribution in [0.3, 0.4) is 0 Å². The molecule has 0 saturated carbocycles. The van der Waals surface area contributed by atoms with Crippen molar-refractivity contribution in [2.45, 2.75) is 12.6 Å². The van der Waals surface area contributed by atoms with E-state index in [0.717, 1.165) is 55.1 Å². The zero-order chi connectivity index (χ0) is 28.9. The van der Waals surface area contributed by atoms with Gasteiger partial charge in [0.15, 0.2) is 5.13 Å². The van der Waals surface area contributed by atoms with Crippen molar-refractivity contribution in [3.8, 4) is 11.1 Å². The van der Waals surface area contributed by atoms with Crippen LogP contribution in [0.1, 0.15) is 37.9 Å². The molecule has 10 heteroatoms. The lowest BCUT2D eigenvalue weighted by Gasteiger charge is -2.27. The normalized spacial score (nSPS) is 15.7. The molecule has 1 saturated heterocycles. The molecule has 2 aliphatic rings. The van der Waals surface area contributed by atoms with E-state index >= 15 is 0 Å². The molecule has 2 aliphatic heterocycles. The quantitative estimate of drug-likeness (QED) is 0.307. The number of aromatic nitrogens is 1. The smallest absolute Gasteiger partial charge is 0.255 e. The minimum Gasteiger partial charge on any atom is -0.379 e. The fourth-order valence-corrected chi connectivity index (χ4v) is 5.88. The predicted molar refractivity (Wildman–Crippen MR) is 161 cm³/mol. The Balaban J connectivity index is 1.15. The van der Waals surface area contributed by atoms with E-state index in [4.69, 9.17) is 4.74 Å². The van der Waals surface area contributed by atoms with E-state index < -0.39 is 6.04 Å². The molecule has 2 N–H and O–H groups in total. The van der Waals surface area contributed by atoms with E-state index in [0.29, 0.717) is 29.3 Å². The summed E-state index contributed by atoms with van der Waals surface area (Å²) in [7, 11) is 0. The molecule has 0 radical (unpaired) electrons. The largest absolute Gasteiger partial charge is 0.379 e. The number of morpholine rings is 1. The van der Waals surface area contributed by atoms with Crippen molar-refractivity contribution in [2.24, 2.45) is 0 Å². The molecule has 3 aromatic carbocycles. The molecule has 3 amide bonds. The third kappa shape index (κ3) is 6.11. The third-order valence-electron chi connectivity index (χ3n) is 7.58. The van der Waals surface area contributed by atoms with Crippen molar-refractivity contribution in [3.63, 3.8) is 0 Å². The summed E-state index contributed by atoms with van der Waals surface area (Å²) in [6.45, 7) is 4.94. The van der Waals surface area contributed by atoms with Gasteiger partial charge in [-0.1, -0.05) is 54.6 Å². The Labute approximate surface area is 248 Å². The number of ether oxygens (including phenoxy) is 1. The Bertz CT molecular complexity index is 1550. The lowest BCUT2D eigenvalue weighted by atomic mass is 9.99. The molecule has 4 aromatic rings. The number of hydrogen-bond donors (Lipinski definition) is 2. The number of anilines is 1. The average Bonchev–Trinajstić information content (AvgIpc) is 3.66. The predicted octanol–water partition coefficient (Wildman–Crippen LogP) is 4.21. The number of carbonyl (C=O) groups is 3. The second kappa shape index (κ2) is 12.6. The van der Waals surface area contributed by atoms with Crippen LogP contribution in [0.4, 0.5) is 5.13 Å². The highest BCUT2D eigenvalue weighted by Crippen LogP contribution is 2.35. The topological polar surface area (TPSA) is 104 Å². The molecular formula is C32H31N5O4S. The monoisotopic (exact) mass is 581 g/mol. The van der Waals surface area contributed by atoms with Crippen LogP contribution in [-0.4, -0.2) is 71.9 Å². The van der Waals surface area contributed by atoms with Gasteiger partial charge in [0, 0.05) is 55.4 Å². The van der Waals surface area contributed by atoms with Crippen LogP contribution < -0.4 is 10.6 Å². The van der Waals surface area contributed by atoms with E-state index in [1.807, 2.05) is 60.7 Å². The molecule has 0 aliphatic carbocycles. The molecule has 0 bridgehead atoms. The van der Waals surface area contributed by atoms with Crippen LogP contribution in [-0.2, 0) is 16.1 Å². The van der Waals surface area contributed by atoms with E-state index in [1.165, 1.54) is 11.3 Å². The summed E-state index contributed by atoms with van der Waals surface area (Å²) >= 11 is 1.33. The number of thiazole rings is 1. The van der Waals surface area contributed by atoms with Gasteiger partial charge in [-0.15, -0.1) is 11.3 Å². The van der Waals surface area contributed by atoms with Gasteiger partial charge in [0.05, 0.1) is 13.2 Å². The van der Waals surface area contributed by atoms with Gasteiger partial charge in [-0.3, -0.25) is 24.6 Å². The SMILES string of the molecule is O=C(NCCN1CCOCC1)c1ccc(-c2ccc3c(c2)C(=O)N(C(C(=O)Nc2nccs2)c2ccccc2)C3)cc1. The minimum absolute atomic E-state index is 0.113. The number of nitrogens with zero attached hydrogens (tertiary/aromatic N) is 3. The fraction of sp³-hybridized carbons (Fsp3) is 0.250. The lowest BCUT2D eigenvalue weighted by Crippen LogP contribution is -2.41. The second-order valence-electron chi connectivity index (χ2n) is 10.2. The van der Waals surface area contributed by atoms with Crippen molar-refractivity contribution in [3.05, 3.63) is 107 Å². The zero-order valence-electron chi connectivity index (χ0n) is 23.0. The molecular weight excluding hydrogens is 550 g/mol. The maximum atomic E-state index is 13.7. The first-order valence-electron chi connectivity index (χ1n) is 13.9. The summed E-state index contributed by atoms with van der Waals surface area (Å²) < 4.78 is 5.37. The summed E-state index contributed by atoms with van der Waals surface area (Å²) in [4.78, 5) is 47.9. The first-order chi connectivity index (χ1) is 20.6. The van der Waals surface area contributed by atoms with Crippen LogP contribution in [0.5, 0.6) is 0 Å². The highest BCUT2D eigenvalue weighted by atomic mass is 32.1. The summed E-state index contributed by atoms with van der Waals surface area (Å²) in [5.41, 5.74) is 4.51. The van der Waals surface area contributed by atoms with Crippen LogP contribution >= 0.6 is 11.3 Å². The van der Waals surface area contributed by atoms with Crippen molar-refractivity contribution >= 4 is 34.2 Å². The number of nitrogens with one attached hydrogen (secondary N) is 2.